The van der Waals surface area contributed by atoms with E-state index in [2.05, 4.69) is 46.9 Å². The maximum absolute atomic E-state index is 10.7. The van der Waals surface area contributed by atoms with Gasteiger partial charge in [-0.25, -0.2) is 0 Å². The number of aliphatic hydroxyl groups is 1. The number of hydrogen-bond acceptors (Lipinski definition) is 3. The molecule has 1 aromatic rings. The van der Waals surface area contributed by atoms with Crippen molar-refractivity contribution in [3.63, 3.8) is 0 Å². The molecular weight excluding hydrogens is 318 g/mol. The maximum atomic E-state index is 10.7. The molecule has 1 saturated carbocycles. The second-order valence-electron chi connectivity index (χ2n) is 6.37. The summed E-state index contributed by atoms with van der Waals surface area (Å²) in [5, 5.41) is 15.1. The molecule has 1 atom stereocenters. The highest BCUT2D eigenvalue weighted by molar-refractivity contribution is 9.10. The van der Waals surface area contributed by atoms with Crippen LogP contribution in [0.3, 0.4) is 0 Å². The molecule has 1 aliphatic carbocycles. The second-order valence-corrected chi connectivity index (χ2v) is 7.22. The number of aromatic nitrogens is 2. The summed E-state index contributed by atoms with van der Waals surface area (Å²) in [6.07, 6.45) is 6.10. The standard InChI is InChI=1S/C15H26BrN3O/c1-11-4-6-12(7-5-11)15(20)14-13(16)10-17-19(14)9-8-18(2)3/h10-12,15,20H,4-9H2,1-3H3. The predicted octanol–water partition coefficient (Wildman–Crippen LogP) is 3.07. The van der Waals surface area contributed by atoms with Crippen LogP contribution >= 0.6 is 15.9 Å². The van der Waals surface area contributed by atoms with Gasteiger partial charge in [0.15, 0.2) is 0 Å². The van der Waals surface area contributed by atoms with Crippen LogP contribution in [0.2, 0.25) is 0 Å². The van der Waals surface area contributed by atoms with Crippen molar-refractivity contribution in [2.24, 2.45) is 11.8 Å². The maximum Gasteiger partial charge on any atom is 0.0996 e. The number of aliphatic hydroxyl groups excluding tert-OH is 1. The van der Waals surface area contributed by atoms with E-state index in [0.29, 0.717) is 5.92 Å². The lowest BCUT2D eigenvalue weighted by Crippen LogP contribution is -2.25. The number of rotatable bonds is 5. The molecule has 1 N–H and O–H groups in total. The minimum absolute atomic E-state index is 0.373. The summed E-state index contributed by atoms with van der Waals surface area (Å²) in [5.41, 5.74) is 0.950. The van der Waals surface area contributed by atoms with E-state index in [4.69, 9.17) is 0 Å². The normalized spacial score (nSPS) is 25.1. The molecule has 0 aromatic carbocycles. The number of nitrogens with zero attached hydrogens (tertiary/aromatic N) is 3. The van der Waals surface area contributed by atoms with Crippen LogP contribution in [0.15, 0.2) is 10.7 Å². The van der Waals surface area contributed by atoms with Gasteiger partial charge in [0.05, 0.1) is 29.0 Å². The molecular formula is C15H26BrN3O. The Morgan fingerprint density at radius 2 is 2.05 bits per heavy atom. The molecule has 1 unspecified atom stereocenters. The molecule has 20 heavy (non-hydrogen) atoms. The zero-order valence-electron chi connectivity index (χ0n) is 12.7. The van der Waals surface area contributed by atoms with Gasteiger partial charge in [-0.2, -0.15) is 5.10 Å². The molecule has 114 valence electrons. The van der Waals surface area contributed by atoms with Gasteiger partial charge in [0.25, 0.3) is 0 Å². The van der Waals surface area contributed by atoms with Gasteiger partial charge in [0.2, 0.25) is 0 Å². The third kappa shape index (κ3) is 3.83. The van der Waals surface area contributed by atoms with Crippen LogP contribution < -0.4 is 0 Å². The first-order valence-corrected chi connectivity index (χ1v) is 8.32. The van der Waals surface area contributed by atoms with Crippen molar-refractivity contribution in [1.29, 1.82) is 0 Å². The quantitative estimate of drug-likeness (QED) is 0.893. The summed E-state index contributed by atoms with van der Waals surface area (Å²) in [6.45, 7) is 4.05. The third-order valence-electron chi connectivity index (χ3n) is 4.38. The molecule has 2 rings (SSSR count). The average Bonchev–Trinajstić information content (AvgIpc) is 2.77. The number of likely N-dealkylation sites (N-methyl/N-ethyl adjacent to an activating group) is 1. The molecule has 5 heteroatoms. The Morgan fingerprint density at radius 1 is 1.40 bits per heavy atom. The fourth-order valence-electron chi connectivity index (χ4n) is 2.96. The molecule has 1 aliphatic rings. The van der Waals surface area contributed by atoms with Gasteiger partial charge in [-0.15, -0.1) is 0 Å². The van der Waals surface area contributed by atoms with Gasteiger partial charge in [-0.1, -0.05) is 19.8 Å². The monoisotopic (exact) mass is 343 g/mol. The van der Waals surface area contributed by atoms with Crippen LogP contribution in [0.4, 0.5) is 0 Å². The summed E-state index contributed by atoms with van der Waals surface area (Å²) in [6, 6.07) is 0. The van der Waals surface area contributed by atoms with Crippen molar-refractivity contribution in [3.05, 3.63) is 16.4 Å². The van der Waals surface area contributed by atoms with E-state index in [1.54, 1.807) is 6.20 Å². The van der Waals surface area contributed by atoms with Gasteiger partial charge in [0, 0.05) is 6.54 Å². The molecule has 4 nitrogen and oxygen atoms in total. The van der Waals surface area contributed by atoms with E-state index >= 15 is 0 Å². The first-order chi connectivity index (χ1) is 9.49. The van der Waals surface area contributed by atoms with Gasteiger partial charge in [-0.3, -0.25) is 4.68 Å². The Labute approximate surface area is 130 Å². The third-order valence-corrected chi connectivity index (χ3v) is 4.99. The Bertz CT molecular complexity index is 425. The van der Waals surface area contributed by atoms with Crippen molar-refractivity contribution < 1.29 is 5.11 Å². The molecule has 0 spiro atoms. The lowest BCUT2D eigenvalue weighted by Gasteiger charge is -2.30. The molecule has 1 fully saturated rings. The van der Waals surface area contributed by atoms with E-state index in [0.717, 1.165) is 42.0 Å². The van der Waals surface area contributed by atoms with Crippen molar-refractivity contribution in [2.75, 3.05) is 20.6 Å². The highest BCUT2D eigenvalue weighted by atomic mass is 79.9. The summed E-state index contributed by atoms with van der Waals surface area (Å²) in [4.78, 5) is 2.13. The molecule has 1 aromatic heterocycles. The van der Waals surface area contributed by atoms with E-state index in [1.807, 2.05) is 4.68 Å². The van der Waals surface area contributed by atoms with Crippen LogP contribution in [0, 0.1) is 11.8 Å². The highest BCUT2D eigenvalue weighted by Gasteiger charge is 2.29. The Balaban J connectivity index is 2.08. The summed E-state index contributed by atoms with van der Waals surface area (Å²) < 4.78 is 2.88. The first-order valence-electron chi connectivity index (χ1n) is 7.53. The van der Waals surface area contributed by atoms with Gasteiger partial charge in [0.1, 0.15) is 0 Å². The van der Waals surface area contributed by atoms with Crippen molar-refractivity contribution in [2.45, 2.75) is 45.3 Å². The second kappa shape index (κ2) is 7.05. The average molecular weight is 344 g/mol. The lowest BCUT2D eigenvalue weighted by atomic mass is 9.79. The van der Waals surface area contributed by atoms with Crippen LogP contribution in [-0.4, -0.2) is 40.4 Å². The number of halogens is 1. The Hall–Kier alpha value is -0.390. The molecule has 0 amide bonds. The molecule has 0 radical (unpaired) electrons. The topological polar surface area (TPSA) is 41.3 Å². The predicted molar refractivity (Wildman–Crippen MR) is 84.6 cm³/mol. The fourth-order valence-corrected chi connectivity index (χ4v) is 3.49. The van der Waals surface area contributed by atoms with Crippen LogP contribution in [0.25, 0.3) is 0 Å². The first kappa shape index (κ1) is 16.0. The molecule has 0 bridgehead atoms. The zero-order valence-corrected chi connectivity index (χ0v) is 14.3. The highest BCUT2D eigenvalue weighted by Crippen LogP contribution is 2.38. The zero-order chi connectivity index (χ0) is 14.7. The lowest BCUT2D eigenvalue weighted by molar-refractivity contribution is 0.0671. The van der Waals surface area contributed by atoms with E-state index in [1.165, 1.54) is 12.8 Å². The molecule has 1 heterocycles. The van der Waals surface area contributed by atoms with E-state index < -0.39 is 6.10 Å². The van der Waals surface area contributed by atoms with Crippen LogP contribution in [0.5, 0.6) is 0 Å². The van der Waals surface area contributed by atoms with E-state index in [-0.39, 0.29) is 0 Å². The Kier molecular flexibility index (Phi) is 5.64. The largest absolute Gasteiger partial charge is 0.386 e. The van der Waals surface area contributed by atoms with Crippen LogP contribution in [-0.2, 0) is 6.54 Å². The van der Waals surface area contributed by atoms with Crippen LogP contribution in [0.1, 0.15) is 44.4 Å². The minimum atomic E-state index is -0.401. The molecule has 0 saturated heterocycles. The minimum Gasteiger partial charge on any atom is -0.386 e. The van der Waals surface area contributed by atoms with Crippen molar-refractivity contribution in [1.82, 2.24) is 14.7 Å². The van der Waals surface area contributed by atoms with E-state index in [9.17, 15) is 5.11 Å². The summed E-state index contributed by atoms with van der Waals surface area (Å²) in [7, 11) is 4.11. The van der Waals surface area contributed by atoms with Crippen molar-refractivity contribution in [3.8, 4) is 0 Å². The fraction of sp³-hybridized carbons (Fsp3) is 0.800. The molecule has 0 aliphatic heterocycles. The van der Waals surface area contributed by atoms with Gasteiger partial charge in [-0.05, 0) is 54.7 Å². The SMILES string of the molecule is CC1CCC(C(O)c2c(Br)cnn2CCN(C)C)CC1. The summed E-state index contributed by atoms with van der Waals surface area (Å²) >= 11 is 3.55. The Morgan fingerprint density at radius 3 is 2.65 bits per heavy atom. The van der Waals surface area contributed by atoms with Gasteiger partial charge < -0.3 is 10.0 Å². The number of hydrogen-bond donors (Lipinski definition) is 1. The van der Waals surface area contributed by atoms with Gasteiger partial charge >= 0.3 is 0 Å². The summed E-state index contributed by atoms with van der Waals surface area (Å²) in [5.74, 6) is 1.18. The smallest absolute Gasteiger partial charge is 0.0996 e. The van der Waals surface area contributed by atoms with Crippen molar-refractivity contribution >= 4 is 15.9 Å².